The summed E-state index contributed by atoms with van der Waals surface area (Å²) in [5.74, 6) is 0.246. The summed E-state index contributed by atoms with van der Waals surface area (Å²) in [6, 6.07) is 14.3. The molecule has 0 aliphatic carbocycles. The van der Waals surface area contributed by atoms with Crippen LogP contribution in [0.5, 0.6) is 5.75 Å². The molecular weight excluding hydrogens is 388 g/mol. The Bertz CT molecular complexity index is 967. The lowest BCUT2D eigenvalue weighted by atomic mass is 10.2. The highest BCUT2D eigenvalue weighted by Gasteiger charge is 2.32. The van der Waals surface area contributed by atoms with Gasteiger partial charge in [0.1, 0.15) is 5.75 Å². The molecule has 7 heteroatoms. The first kappa shape index (κ1) is 20.7. The van der Waals surface area contributed by atoms with E-state index in [4.69, 9.17) is 9.47 Å². The normalized spacial score (nSPS) is 16.5. The largest absolute Gasteiger partial charge is 0.496 e. The molecule has 1 fully saturated rings. The van der Waals surface area contributed by atoms with Crippen molar-refractivity contribution in [1.82, 2.24) is 4.90 Å². The molecule has 2 aromatic carbocycles. The molecule has 1 saturated heterocycles. The van der Waals surface area contributed by atoms with Crippen LogP contribution in [0.2, 0.25) is 0 Å². The first-order chi connectivity index (χ1) is 14.1. The van der Waals surface area contributed by atoms with Crippen LogP contribution >= 0.6 is 11.8 Å². The van der Waals surface area contributed by atoms with E-state index in [1.54, 1.807) is 43.2 Å². The summed E-state index contributed by atoms with van der Waals surface area (Å²) in [5, 5.41) is 0.600. The predicted molar refractivity (Wildman–Crippen MR) is 115 cm³/mol. The van der Waals surface area contributed by atoms with Gasteiger partial charge in [-0.05, 0) is 62.0 Å². The Labute approximate surface area is 174 Å². The van der Waals surface area contributed by atoms with Gasteiger partial charge in [0, 0.05) is 12.1 Å². The molecular formula is C22H22N2O4S. The molecule has 1 heterocycles. The summed E-state index contributed by atoms with van der Waals surface area (Å²) in [4.78, 5) is 31.4. The van der Waals surface area contributed by atoms with Crippen molar-refractivity contribution in [3.8, 4) is 5.75 Å². The number of rotatable bonds is 6. The van der Waals surface area contributed by atoms with Gasteiger partial charge in [-0.2, -0.15) is 0 Å². The van der Waals surface area contributed by atoms with Gasteiger partial charge in [0.2, 0.25) is 0 Å². The number of amidine groups is 1. The first-order valence-corrected chi connectivity index (χ1v) is 10.1. The number of nitrogens with zero attached hydrogens (tertiary/aromatic N) is 2. The Balaban J connectivity index is 1.87. The van der Waals surface area contributed by atoms with Crippen LogP contribution in [0, 0.1) is 0 Å². The zero-order chi connectivity index (χ0) is 20.8. The number of likely N-dealkylation sites (N-methyl/N-ethyl adjacent to an activating group) is 1. The van der Waals surface area contributed by atoms with E-state index in [-0.39, 0.29) is 11.9 Å². The number of thioether (sulfide) groups is 1. The molecule has 3 rings (SSSR count). The van der Waals surface area contributed by atoms with E-state index in [9.17, 15) is 9.59 Å². The van der Waals surface area contributed by atoms with Gasteiger partial charge >= 0.3 is 5.97 Å². The molecule has 2 aromatic rings. The van der Waals surface area contributed by atoms with Crippen LogP contribution in [0.1, 0.15) is 29.8 Å². The fourth-order valence-electron chi connectivity index (χ4n) is 2.79. The average molecular weight is 410 g/mol. The van der Waals surface area contributed by atoms with Crippen molar-refractivity contribution in [2.75, 3.05) is 20.3 Å². The summed E-state index contributed by atoms with van der Waals surface area (Å²) in [7, 11) is 1.60. The van der Waals surface area contributed by atoms with Crippen molar-refractivity contribution >= 4 is 40.6 Å². The predicted octanol–water partition coefficient (Wildman–Crippen LogP) is 4.50. The van der Waals surface area contributed by atoms with Crippen LogP contribution in [0.25, 0.3) is 6.08 Å². The second kappa shape index (κ2) is 9.43. The summed E-state index contributed by atoms with van der Waals surface area (Å²) < 4.78 is 10.4. The Morgan fingerprint density at radius 1 is 1.14 bits per heavy atom. The van der Waals surface area contributed by atoms with Crippen LogP contribution in [0.4, 0.5) is 5.69 Å². The topological polar surface area (TPSA) is 68.2 Å². The van der Waals surface area contributed by atoms with Crippen LogP contribution in [0.15, 0.2) is 58.4 Å². The minimum Gasteiger partial charge on any atom is -0.496 e. The lowest BCUT2D eigenvalue weighted by Crippen LogP contribution is -2.28. The van der Waals surface area contributed by atoms with E-state index in [0.717, 1.165) is 5.56 Å². The standard InChI is InChI=1S/C22H22N2O4S/c1-4-24-20(25)19(14-16-8-6-7-9-18(16)27-3)29-22(24)23-17-12-10-15(11-13-17)21(26)28-5-2/h6-14H,4-5H2,1-3H3/b19-14+,23-22?. The maximum atomic E-state index is 12.8. The minimum absolute atomic E-state index is 0.0923. The van der Waals surface area contributed by atoms with Crippen LogP contribution in [0.3, 0.4) is 0 Å². The third kappa shape index (κ3) is 4.68. The Morgan fingerprint density at radius 3 is 2.52 bits per heavy atom. The Morgan fingerprint density at radius 2 is 1.86 bits per heavy atom. The monoisotopic (exact) mass is 410 g/mol. The van der Waals surface area contributed by atoms with E-state index in [1.807, 2.05) is 37.3 Å². The molecule has 0 spiro atoms. The quantitative estimate of drug-likeness (QED) is 0.518. The van der Waals surface area contributed by atoms with Crippen LogP contribution in [-0.2, 0) is 9.53 Å². The van der Waals surface area contributed by atoms with Crippen molar-refractivity contribution in [3.63, 3.8) is 0 Å². The van der Waals surface area contributed by atoms with Crippen molar-refractivity contribution in [3.05, 3.63) is 64.6 Å². The number of aliphatic imine (C=N–C) groups is 1. The molecule has 150 valence electrons. The molecule has 1 aliphatic rings. The molecule has 0 N–H and O–H groups in total. The smallest absolute Gasteiger partial charge is 0.338 e. The fraction of sp³-hybridized carbons (Fsp3) is 0.227. The number of hydrogen-bond donors (Lipinski definition) is 0. The van der Waals surface area contributed by atoms with E-state index >= 15 is 0 Å². The molecule has 0 radical (unpaired) electrons. The van der Waals surface area contributed by atoms with Crippen LogP contribution in [-0.4, -0.2) is 42.2 Å². The van der Waals surface area contributed by atoms with Gasteiger partial charge < -0.3 is 9.47 Å². The Hall–Kier alpha value is -3.06. The number of carbonyl (C=O) groups is 2. The second-order valence-electron chi connectivity index (χ2n) is 6.06. The van der Waals surface area contributed by atoms with Crippen molar-refractivity contribution < 1.29 is 19.1 Å². The average Bonchev–Trinajstić information content (AvgIpc) is 3.03. The molecule has 0 aromatic heterocycles. The summed E-state index contributed by atoms with van der Waals surface area (Å²) in [5.41, 5.74) is 1.96. The van der Waals surface area contributed by atoms with Gasteiger partial charge in [-0.15, -0.1) is 0 Å². The second-order valence-corrected chi connectivity index (χ2v) is 7.07. The van der Waals surface area contributed by atoms with Gasteiger partial charge in [-0.3, -0.25) is 9.69 Å². The molecule has 0 atom stereocenters. The number of carbonyl (C=O) groups excluding carboxylic acids is 2. The lowest BCUT2D eigenvalue weighted by Gasteiger charge is -2.12. The molecule has 0 saturated carbocycles. The van der Waals surface area contributed by atoms with Crippen molar-refractivity contribution in [1.29, 1.82) is 0 Å². The van der Waals surface area contributed by atoms with Gasteiger partial charge in [0.15, 0.2) is 5.17 Å². The number of amides is 1. The van der Waals surface area contributed by atoms with Gasteiger partial charge in [-0.1, -0.05) is 18.2 Å². The number of esters is 1. The number of para-hydroxylation sites is 1. The van der Waals surface area contributed by atoms with E-state index in [1.165, 1.54) is 11.8 Å². The minimum atomic E-state index is -0.366. The van der Waals surface area contributed by atoms with Gasteiger partial charge in [-0.25, -0.2) is 9.79 Å². The molecule has 0 unspecified atom stereocenters. The molecule has 6 nitrogen and oxygen atoms in total. The maximum Gasteiger partial charge on any atom is 0.338 e. The molecule has 0 bridgehead atoms. The number of benzene rings is 2. The maximum absolute atomic E-state index is 12.8. The summed E-state index contributed by atoms with van der Waals surface area (Å²) in [6.07, 6.45) is 1.82. The van der Waals surface area contributed by atoms with Crippen molar-refractivity contribution in [2.24, 2.45) is 4.99 Å². The molecule has 1 aliphatic heterocycles. The molecule has 1 amide bonds. The number of ether oxygens (including phenoxy) is 2. The third-order valence-electron chi connectivity index (χ3n) is 4.23. The van der Waals surface area contributed by atoms with Gasteiger partial charge in [0.25, 0.3) is 5.91 Å². The zero-order valence-corrected chi connectivity index (χ0v) is 17.4. The zero-order valence-electron chi connectivity index (χ0n) is 16.5. The molecule has 29 heavy (non-hydrogen) atoms. The lowest BCUT2D eigenvalue weighted by molar-refractivity contribution is -0.122. The van der Waals surface area contributed by atoms with E-state index < -0.39 is 0 Å². The highest BCUT2D eigenvalue weighted by Crippen LogP contribution is 2.35. The highest BCUT2D eigenvalue weighted by atomic mass is 32.2. The Kier molecular flexibility index (Phi) is 6.72. The summed E-state index contributed by atoms with van der Waals surface area (Å²) in [6.45, 7) is 4.51. The van der Waals surface area contributed by atoms with Crippen molar-refractivity contribution in [2.45, 2.75) is 13.8 Å². The highest BCUT2D eigenvalue weighted by molar-refractivity contribution is 8.18. The first-order valence-electron chi connectivity index (χ1n) is 9.27. The number of hydrogen-bond acceptors (Lipinski definition) is 6. The SMILES string of the molecule is CCOC(=O)c1ccc(N=C2S/C(=C/c3ccccc3OC)C(=O)N2CC)cc1. The van der Waals surface area contributed by atoms with Gasteiger partial charge in [0.05, 0.1) is 29.9 Å². The number of methoxy groups -OCH3 is 1. The van der Waals surface area contributed by atoms with Crippen LogP contribution < -0.4 is 4.74 Å². The van der Waals surface area contributed by atoms with E-state index in [2.05, 4.69) is 4.99 Å². The summed E-state index contributed by atoms with van der Waals surface area (Å²) >= 11 is 1.32. The third-order valence-corrected chi connectivity index (χ3v) is 5.24. The van der Waals surface area contributed by atoms with E-state index in [0.29, 0.717) is 40.2 Å². The fourth-order valence-corrected chi connectivity index (χ4v) is 3.85.